The lowest BCUT2D eigenvalue weighted by atomic mass is 10.1. The third-order valence-corrected chi connectivity index (χ3v) is 2.46. The van der Waals surface area contributed by atoms with Gasteiger partial charge in [0.15, 0.2) is 0 Å². The van der Waals surface area contributed by atoms with Crippen LogP contribution in [0.25, 0.3) is 11.3 Å². The zero-order valence-electron chi connectivity index (χ0n) is 10.7. The van der Waals surface area contributed by atoms with E-state index in [1.807, 2.05) is 56.3 Å². The molecule has 0 saturated carbocycles. The highest BCUT2D eigenvalue weighted by atomic mass is 15.2. The van der Waals surface area contributed by atoms with E-state index in [1.165, 1.54) is 0 Å². The summed E-state index contributed by atoms with van der Waals surface area (Å²) < 4.78 is 0. The van der Waals surface area contributed by atoms with Crippen LogP contribution in [-0.4, -0.2) is 22.3 Å². The SMILES string of the molecule is CC(C)(N)CNc1ccc(-c2ccccc2)nn1. The molecular weight excluding hydrogens is 224 g/mol. The molecule has 2 rings (SSSR count). The molecule has 0 aliphatic rings. The molecular formula is C14H18N4. The van der Waals surface area contributed by atoms with Crippen molar-refractivity contribution in [2.24, 2.45) is 5.73 Å². The fraction of sp³-hybridized carbons (Fsp3) is 0.286. The first kappa shape index (κ1) is 12.5. The summed E-state index contributed by atoms with van der Waals surface area (Å²) in [7, 11) is 0. The largest absolute Gasteiger partial charge is 0.367 e. The molecule has 0 aliphatic carbocycles. The number of benzene rings is 1. The van der Waals surface area contributed by atoms with Gasteiger partial charge in [0.25, 0.3) is 0 Å². The van der Waals surface area contributed by atoms with E-state index in [0.29, 0.717) is 6.54 Å². The lowest BCUT2D eigenvalue weighted by Gasteiger charge is -2.18. The average molecular weight is 242 g/mol. The van der Waals surface area contributed by atoms with Crippen molar-refractivity contribution in [2.45, 2.75) is 19.4 Å². The van der Waals surface area contributed by atoms with Crippen molar-refractivity contribution in [3.05, 3.63) is 42.5 Å². The summed E-state index contributed by atoms with van der Waals surface area (Å²) in [6, 6.07) is 13.9. The zero-order valence-corrected chi connectivity index (χ0v) is 10.7. The molecule has 3 N–H and O–H groups in total. The lowest BCUT2D eigenvalue weighted by molar-refractivity contribution is 0.548. The molecule has 0 fully saturated rings. The highest BCUT2D eigenvalue weighted by Gasteiger charge is 2.10. The second kappa shape index (κ2) is 5.14. The van der Waals surface area contributed by atoms with Gasteiger partial charge in [0.1, 0.15) is 5.82 Å². The van der Waals surface area contributed by atoms with Crippen LogP contribution in [-0.2, 0) is 0 Å². The van der Waals surface area contributed by atoms with Crippen LogP contribution in [0.2, 0.25) is 0 Å². The van der Waals surface area contributed by atoms with E-state index in [2.05, 4.69) is 15.5 Å². The second-order valence-electron chi connectivity index (χ2n) is 5.01. The summed E-state index contributed by atoms with van der Waals surface area (Å²) in [5.41, 5.74) is 7.56. The fourth-order valence-corrected chi connectivity index (χ4v) is 1.51. The average Bonchev–Trinajstić information content (AvgIpc) is 2.37. The van der Waals surface area contributed by atoms with E-state index in [0.717, 1.165) is 17.1 Å². The first-order valence-electron chi connectivity index (χ1n) is 5.96. The van der Waals surface area contributed by atoms with Gasteiger partial charge in [-0.1, -0.05) is 30.3 Å². The molecule has 0 radical (unpaired) electrons. The molecule has 0 atom stereocenters. The summed E-state index contributed by atoms with van der Waals surface area (Å²) in [4.78, 5) is 0. The standard InChI is InChI=1S/C14H18N4/c1-14(2,15)10-16-13-9-8-12(17-18-13)11-6-4-3-5-7-11/h3-9H,10,15H2,1-2H3,(H,16,18). The maximum Gasteiger partial charge on any atom is 0.148 e. The molecule has 1 heterocycles. The van der Waals surface area contributed by atoms with Crippen LogP contribution >= 0.6 is 0 Å². The van der Waals surface area contributed by atoms with Crippen LogP contribution in [0.5, 0.6) is 0 Å². The minimum Gasteiger partial charge on any atom is -0.367 e. The van der Waals surface area contributed by atoms with E-state index in [-0.39, 0.29) is 5.54 Å². The van der Waals surface area contributed by atoms with Gasteiger partial charge < -0.3 is 11.1 Å². The van der Waals surface area contributed by atoms with Crippen LogP contribution in [0.1, 0.15) is 13.8 Å². The molecule has 2 aromatic rings. The van der Waals surface area contributed by atoms with Crippen molar-refractivity contribution in [3.63, 3.8) is 0 Å². The highest BCUT2D eigenvalue weighted by Crippen LogP contribution is 2.16. The third-order valence-electron chi connectivity index (χ3n) is 2.46. The molecule has 0 bridgehead atoms. The van der Waals surface area contributed by atoms with Crippen molar-refractivity contribution in [2.75, 3.05) is 11.9 Å². The van der Waals surface area contributed by atoms with Crippen molar-refractivity contribution in [1.29, 1.82) is 0 Å². The Bertz CT molecular complexity index is 485. The van der Waals surface area contributed by atoms with Crippen LogP contribution in [0.3, 0.4) is 0 Å². The van der Waals surface area contributed by atoms with Crippen LogP contribution < -0.4 is 11.1 Å². The molecule has 1 aromatic carbocycles. The van der Waals surface area contributed by atoms with Crippen LogP contribution in [0.4, 0.5) is 5.82 Å². The van der Waals surface area contributed by atoms with Crippen molar-refractivity contribution >= 4 is 5.82 Å². The molecule has 94 valence electrons. The Labute approximate surface area is 107 Å². The summed E-state index contributed by atoms with van der Waals surface area (Å²) in [6.45, 7) is 4.59. The number of nitrogens with zero attached hydrogens (tertiary/aromatic N) is 2. The van der Waals surface area contributed by atoms with Crippen LogP contribution in [0.15, 0.2) is 42.5 Å². The smallest absolute Gasteiger partial charge is 0.148 e. The van der Waals surface area contributed by atoms with E-state index in [4.69, 9.17) is 5.73 Å². The number of anilines is 1. The van der Waals surface area contributed by atoms with E-state index >= 15 is 0 Å². The van der Waals surface area contributed by atoms with Crippen molar-refractivity contribution in [3.8, 4) is 11.3 Å². The molecule has 4 heteroatoms. The minimum atomic E-state index is -0.264. The molecule has 0 amide bonds. The maximum atomic E-state index is 5.89. The first-order valence-corrected chi connectivity index (χ1v) is 5.96. The van der Waals surface area contributed by atoms with E-state index < -0.39 is 0 Å². The normalized spacial score (nSPS) is 11.3. The molecule has 0 unspecified atom stereocenters. The number of hydrogen-bond donors (Lipinski definition) is 2. The Hall–Kier alpha value is -1.94. The quantitative estimate of drug-likeness (QED) is 0.863. The van der Waals surface area contributed by atoms with Gasteiger partial charge in [0, 0.05) is 17.6 Å². The van der Waals surface area contributed by atoms with Gasteiger partial charge in [-0.2, -0.15) is 0 Å². The molecule has 18 heavy (non-hydrogen) atoms. The maximum absolute atomic E-state index is 5.89. The monoisotopic (exact) mass is 242 g/mol. The topological polar surface area (TPSA) is 63.8 Å². The van der Waals surface area contributed by atoms with E-state index in [1.54, 1.807) is 0 Å². The molecule has 0 spiro atoms. The molecule has 1 aromatic heterocycles. The van der Waals surface area contributed by atoms with Gasteiger partial charge in [0.05, 0.1) is 5.69 Å². The van der Waals surface area contributed by atoms with Gasteiger partial charge in [-0.05, 0) is 26.0 Å². The van der Waals surface area contributed by atoms with Gasteiger partial charge >= 0.3 is 0 Å². The van der Waals surface area contributed by atoms with Gasteiger partial charge in [0.2, 0.25) is 0 Å². The van der Waals surface area contributed by atoms with Crippen molar-refractivity contribution in [1.82, 2.24) is 10.2 Å². The fourth-order valence-electron chi connectivity index (χ4n) is 1.51. The Morgan fingerprint density at radius 1 is 1.06 bits per heavy atom. The Balaban J connectivity index is 2.07. The van der Waals surface area contributed by atoms with Gasteiger partial charge in [-0.25, -0.2) is 0 Å². The Kier molecular flexibility index (Phi) is 3.58. The molecule has 0 saturated heterocycles. The molecule has 0 aliphatic heterocycles. The Morgan fingerprint density at radius 3 is 2.33 bits per heavy atom. The lowest BCUT2D eigenvalue weighted by Crippen LogP contribution is -2.39. The minimum absolute atomic E-state index is 0.264. The number of aromatic nitrogens is 2. The number of nitrogens with two attached hydrogens (primary N) is 1. The predicted octanol–water partition coefficient (Wildman–Crippen LogP) is 2.29. The van der Waals surface area contributed by atoms with Gasteiger partial charge in [-0.15, -0.1) is 10.2 Å². The van der Waals surface area contributed by atoms with Gasteiger partial charge in [-0.3, -0.25) is 0 Å². The highest BCUT2D eigenvalue weighted by molar-refractivity contribution is 5.59. The number of hydrogen-bond acceptors (Lipinski definition) is 4. The third kappa shape index (κ3) is 3.53. The summed E-state index contributed by atoms with van der Waals surface area (Å²) >= 11 is 0. The van der Waals surface area contributed by atoms with Crippen molar-refractivity contribution < 1.29 is 0 Å². The van der Waals surface area contributed by atoms with Crippen LogP contribution in [0, 0.1) is 0 Å². The summed E-state index contributed by atoms with van der Waals surface area (Å²) in [6.07, 6.45) is 0. The summed E-state index contributed by atoms with van der Waals surface area (Å²) in [5.74, 6) is 0.744. The predicted molar refractivity (Wildman–Crippen MR) is 74.2 cm³/mol. The number of rotatable bonds is 4. The zero-order chi connectivity index (χ0) is 13.0. The second-order valence-corrected chi connectivity index (χ2v) is 5.01. The first-order chi connectivity index (χ1) is 8.54. The van der Waals surface area contributed by atoms with E-state index in [9.17, 15) is 0 Å². The summed E-state index contributed by atoms with van der Waals surface area (Å²) in [5, 5.41) is 11.5. The Morgan fingerprint density at radius 2 is 1.78 bits per heavy atom. The number of nitrogens with one attached hydrogen (secondary N) is 1. The molecule has 4 nitrogen and oxygen atoms in total.